The lowest BCUT2D eigenvalue weighted by Gasteiger charge is -2.15. The number of aliphatic imine (C=N–C) groups is 1. The summed E-state index contributed by atoms with van der Waals surface area (Å²) in [5.74, 6) is 0.620. The minimum absolute atomic E-state index is 0.161. The van der Waals surface area contributed by atoms with E-state index in [2.05, 4.69) is 53.9 Å². The van der Waals surface area contributed by atoms with Gasteiger partial charge in [-0.15, -0.1) is 0 Å². The summed E-state index contributed by atoms with van der Waals surface area (Å²) in [7, 11) is 4.00. The Balaban J connectivity index is 1.84. The molecule has 1 fully saturated rings. The molecular weight excluding hydrogens is 298 g/mol. The van der Waals surface area contributed by atoms with E-state index in [1.54, 1.807) is 0 Å². The molecule has 1 aliphatic rings. The van der Waals surface area contributed by atoms with E-state index in [1.807, 2.05) is 25.3 Å². The van der Waals surface area contributed by atoms with Crippen LogP contribution in [-0.2, 0) is 11.2 Å². The van der Waals surface area contributed by atoms with E-state index >= 15 is 0 Å². The third-order valence-corrected chi connectivity index (χ3v) is 4.90. The number of hydrogen-bond acceptors (Lipinski definition) is 2. The van der Waals surface area contributed by atoms with Gasteiger partial charge >= 0.3 is 0 Å². The molecule has 1 aromatic heterocycles. The zero-order chi connectivity index (χ0) is 17.1. The molecule has 0 saturated carbocycles. The van der Waals surface area contributed by atoms with Gasteiger partial charge in [-0.1, -0.05) is 32.0 Å². The first-order valence-corrected chi connectivity index (χ1v) is 9.00. The fourth-order valence-electron chi connectivity index (χ4n) is 3.66. The van der Waals surface area contributed by atoms with Gasteiger partial charge in [-0.3, -0.25) is 4.99 Å². The average molecular weight is 327 g/mol. The van der Waals surface area contributed by atoms with Crippen LogP contribution in [-0.4, -0.2) is 42.5 Å². The van der Waals surface area contributed by atoms with E-state index in [4.69, 9.17) is 4.74 Å². The number of ether oxygens (including phenoxy) is 1. The summed E-state index contributed by atoms with van der Waals surface area (Å²) >= 11 is 0. The zero-order valence-corrected chi connectivity index (χ0v) is 15.3. The SMILES string of the molecule is CCC1OC(n2cc(CCN=CN(C)C)c3ccccc32)CC1C. The van der Waals surface area contributed by atoms with E-state index in [9.17, 15) is 0 Å². The third kappa shape index (κ3) is 3.48. The van der Waals surface area contributed by atoms with Crippen LogP contribution < -0.4 is 0 Å². The third-order valence-electron chi connectivity index (χ3n) is 4.90. The number of benzene rings is 1. The molecule has 0 N–H and O–H groups in total. The molecular formula is C20H29N3O. The van der Waals surface area contributed by atoms with Crippen molar-refractivity contribution in [1.82, 2.24) is 9.47 Å². The van der Waals surface area contributed by atoms with Gasteiger partial charge in [0.25, 0.3) is 0 Å². The lowest BCUT2D eigenvalue weighted by Crippen LogP contribution is -2.12. The summed E-state index contributed by atoms with van der Waals surface area (Å²) in [5.41, 5.74) is 2.63. The highest BCUT2D eigenvalue weighted by atomic mass is 16.5. The number of hydrogen-bond donors (Lipinski definition) is 0. The Labute approximate surface area is 145 Å². The predicted octanol–water partition coefficient (Wildman–Crippen LogP) is 4.11. The first kappa shape index (κ1) is 17.0. The molecule has 1 saturated heterocycles. The number of aromatic nitrogens is 1. The monoisotopic (exact) mass is 327 g/mol. The van der Waals surface area contributed by atoms with Gasteiger partial charge in [-0.25, -0.2) is 0 Å². The van der Waals surface area contributed by atoms with Gasteiger partial charge in [0.2, 0.25) is 0 Å². The highest BCUT2D eigenvalue weighted by molar-refractivity contribution is 5.84. The number of para-hydroxylation sites is 1. The predicted molar refractivity (Wildman–Crippen MR) is 101 cm³/mol. The van der Waals surface area contributed by atoms with Gasteiger partial charge in [0, 0.05) is 32.2 Å². The van der Waals surface area contributed by atoms with Crippen molar-refractivity contribution in [3.05, 3.63) is 36.0 Å². The van der Waals surface area contributed by atoms with Gasteiger partial charge < -0.3 is 14.2 Å². The minimum Gasteiger partial charge on any atom is -0.369 e. The molecule has 4 heteroatoms. The maximum absolute atomic E-state index is 6.31. The molecule has 0 amide bonds. The summed E-state index contributed by atoms with van der Waals surface area (Å²) < 4.78 is 8.65. The lowest BCUT2D eigenvalue weighted by molar-refractivity contribution is -0.00254. The van der Waals surface area contributed by atoms with Gasteiger partial charge in [0.15, 0.2) is 0 Å². The summed E-state index contributed by atoms with van der Waals surface area (Å²) in [6.45, 7) is 5.33. The molecule has 2 aromatic rings. The van der Waals surface area contributed by atoms with Crippen molar-refractivity contribution in [2.45, 2.75) is 45.4 Å². The Kier molecular flexibility index (Phi) is 5.24. The maximum atomic E-state index is 6.31. The minimum atomic E-state index is 0.161. The van der Waals surface area contributed by atoms with Crippen LogP contribution >= 0.6 is 0 Å². The molecule has 1 aromatic carbocycles. The van der Waals surface area contributed by atoms with Crippen molar-refractivity contribution in [2.24, 2.45) is 10.9 Å². The molecule has 0 radical (unpaired) electrons. The molecule has 3 atom stereocenters. The first-order chi connectivity index (χ1) is 11.6. The fraction of sp³-hybridized carbons (Fsp3) is 0.550. The number of rotatable bonds is 6. The molecule has 0 aliphatic carbocycles. The second kappa shape index (κ2) is 7.39. The van der Waals surface area contributed by atoms with Crippen LogP contribution in [0.4, 0.5) is 0 Å². The van der Waals surface area contributed by atoms with E-state index in [1.165, 1.54) is 16.5 Å². The molecule has 4 nitrogen and oxygen atoms in total. The highest BCUT2D eigenvalue weighted by Gasteiger charge is 2.32. The molecule has 3 unspecified atom stereocenters. The maximum Gasteiger partial charge on any atom is 0.134 e. The van der Waals surface area contributed by atoms with Crippen LogP contribution in [0.2, 0.25) is 0 Å². The summed E-state index contributed by atoms with van der Waals surface area (Å²) in [4.78, 5) is 6.45. The standard InChI is InChI=1S/C20H29N3O/c1-5-19-15(2)12-20(24-19)23-13-16(10-11-21-14-22(3)4)17-8-6-7-9-18(17)23/h6-9,13-15,19-20H,5,10-12H2,1-4H3. The van der Waals surface area contributed by atoms with E-state index in [0.717, 1.165) is 25.8 Å². The summed E-state index contributed by atoms with van der Waals surface area (Å²) in [5, 5.41) is 1.33. The second-order valence-electron chi connectivity index (χ2n) is 7.06. The second-order valence-corrected chi connectivity index (χ2v) is 7.06. The number of nitrogens with zero attached hydrogens (tertiary/aromatic N) is 3. The molecule has 24 heavy (non-hydrogen) atoms. The molecule has 2 heterocycles. The van der Waals surface area contributed by atoms with Crippen molar-refractivity contribution in [3.8, 4) is 0 Å². The molecule has 0 bridgehead atoms. The van der Waals surface area contributed by atoms with Crippen LogP contribution in [0, 0.1) is 5.92 Å². The van der Waals surface area contributed by atoms with E-state index < -0.39 is 0 Å². The first-order valence-electron chi connectivity index (χ1n) is 9.00. The van der Waals surface area contributed by atoms with E-state index in [0.29, 0.717) is 12.0 Å². The fourth-order valence-corrected chi connectivity index (χ4v) is 3.66. The Morgan fingerprint density at radius 3 is 2.83 bits per heavy atom. The smallest absolute Gasteiger partial charge is 0.134 e. The molecule has 1 aliphatic heterocycles. The molecule has 130 valence electrons. The molecule has 3 rings (SSSR count). The summed E-state index contributed by atoms with van der Waals surface area (Å²) in [6, 6.07) is 8.65. The highest BCUT2D eigenvalue weighted by Crippen LogP contribution is 2.37. The Hall–Kier alpha value is -1.81. The lowest BCUT2D eigenvalue weighted by atomic mass is 10.0. The van der Waals surface area contributed by atoms with Gasteiger partial charge in [-0.2, -0.15) is 0 Å². The van der Waals surface area contributed by atoms with Gasteiger partial charge in [0.1, 0.15) is 6.23 Å². The Bertz CT molecular complexity index is 704. The Morgan fingerprint density at radius 2 is 2.12 bits per heavy atom. The van der Waals surface area contributed by atoms with Crippen molar-refractivity contribution < 1.29 is 4.74 Å². The van der Waals surface area contributed by atoms with Crippen LogP contribution in [0.3, 0.4) is 0 Å². The van der Waals surface area contributed by atoms with Gasteiger partial charge in [-0.05, 0) is 36.8 Å². The van der Waals surface area contributed by atoms with Crippen molar-refractivity contribution in [1.29, 1.82) is 0 Å². The average Bonchev–Trinajstić information content (AvgIpc) is 3.12. The normalized spacial score (nSPS) is 24.2. The van der Waals surface area contributed by atoms with Crippen LogP contribution in [0.5, 0.6) is 0 Å². The molecule has 0 spiro atoms. The van der Waals surface area contributed by atoms with E-state index in [-0.39, 0.29) is 6.23 Å². The zero-order valence-electron chi connectivity index (χ0n) is 15.3. The van der Waals surface area contributed by atoms with Crippen molar-refractivity contribution >= 4 is 17.2 Å². The largest absolute Gasteiger partial charge is 0.369 e. The quantitative estimate of drug-likeness (QED) is 0.590. The van der Waals surface area contributed by atoms with Crippen LogP contribution in [0.15, 0.2) is 35.5 Å². The summed E-state index contributed by atoms with van der Waals surface area (Å²) in [6.07, 6.45) is 7.84. The number of fused-ring (bicyclic) bond motifs is 1. The van der Waals surface area contributed by atoms with Gasteiger partial charge in [0.05, 0.1) is 18.0 Å². The van der Waals surface area contributed by atoms with Crippen molar-refractivity contribution in [2.75, 3.05) is 20.6 Å². The van der Waals surface area contributed by atoms with Crippen LogP contribution in [0.1, 0.15) is 38.5 Å². The topological polar surface area (TPSA) is 29.8 Å². The Morgan fingerprint density at radius 1 is 1.33 bits per heavy atom. The van der Waals surface area contributed by atoms with Crippen molar-refractivity contribution in [3.63, 3.8) is 0 Å². The van der Waals surface area contributed by atoms with Crippen LogP contribution in [0.25, 0.3) is 10.9 Å².